The predicted octanol–water partition coefficient (Wildman–Crippen LogP) is 3.02. The smallest absolute Gasteiger partial charge is 0.336 e. The van der Waals surface area contributed by atoms with Gasteiger partial charge in [0.05, 0.1) is 18.4 Å². The Balaban J connectivity index is 2.25. The molecule has 0 amide bonds. The fourth-order valence-corrected chi connectivity index (χ4v) is 3.10. The van der Waals surface area contributed by atoms with E-state index in [4.69, 9.17) is 4.74 Å². The highest BCUT2D eigenvalue weighted by atomic mass is 127. The van der Waals surface area contributed by atoms with E-state index in [9.17, 15) is 9.18 Å². The predicted molar refractivity (Wildman–Crippen MR) is 79.1 cm³/mol. The van der Waals surface area contributed by atoms with Crippen LogP contribution >= 0.6 is 34.4 Å². The molecule has 0 bridgehead atoms. The lowest BCUT2D eigenvalue weighted by Gasteiger charge is -2.10. The molecule has 1 aliphatic heterocycles. The zero-order valence-corrected chi connectivity index (χ0v) is 12.6. The molecule has 0 radical (unpaired) electrons. The number of esters is 1. The Morgan fingerprint density at radius 3 is 2.94 bits per heavy atom. The highest BCUT2D eigenvalue weighted by molar-refractivity contribution is 14.1. The third-order valence-electron chi connectivity index (χ3n) is 2.51. The summed E-state index contributed by atoms with van der Waals surface area (Å²) in [5.74, 6) is 0.584. The molecular weight excluding hydrogens is 368 g/mol. The van der Waals surface area contributed by atoms with Crippen LogP contribution in [0.25, 0.3) is 0 Å². The fourth-order valence-electron chi connectivity index (χ4n) is 1.60. The lowest BCUT2D eigenvalue weighted by Crippen LogP contribution is -2.11. The monoisotopic (exact) mass is 379 g/mol. The van der Waals surface area contributed by atoms with E-state index in [0.717, 1.165) is 9.27 Å². The summed E-state index contributed by atoms with van der Waals surface area (Å²) >= 11 is 3.65. The minimum absolute atomic E-state index is 0.324. The zero-order valence-electron chi connectivity index (χ0n) is 9.63. The molecule has 96 valence electrons. The van der Waals surface area contributed by atoms with Crippen LogP contribution in [0.2, 0.25) is 0 Å². The van der Waals surface area contributed by atoms with Gasteiger partial charge in [-0.2, -0.15) is 11.8 Å². The van der Waals surface area contributed by atoms with Crippen LogP contribution in [0.5, 0.6) is 0 Å². The highest BCUT2D eigenvalue weighted by Crippen LogP contribution is 2.28. The van der Waals surface area contributed by atoms with Crippen LogP contribution in [0.15, 0.2) is 29.5 Å². The van der Waals surface area contributed by atoms with E-state index in [1.165, 1.54) is 13.2 Å². The Morgan fingerprint density at radius 2 is 2.28 bits per heavy atom. The number of nitrogens with one attached hydrogen (secondary N) is 1. The molecule has 1 N–H and O–H groups in total. The number of carbonyl (C=O) groups excluding carboxylic acids is 1. The van der Waals surface area contributed by atoms with Crippen molar-refractivity contribution in [3.8, 4) is 0 Å². The molecule has 1 heterocycles. The van der Waals surface area contributed by atoms with Gasteiger partial charge in [-0.1, -0.05) is 0 Å². The number of ether oxygens (including phenoxy) is 1. The summed E-state index contributed by atoms with van der Waals surface area (Å²) in [4.78, 5) is 11.5. The van der Waals surface area contributed by atoms with Gasteiger partial charge in [-0.15, -0.1) is 0 Å². The summed E-state index contributed by atoms with van der Waals surface area (Å²) < 4.78 is 19.2. The van der Waals surface area contributed by atoms with E-state index in [-0.39, 0.29) is 11.8 Å². The van der Waals surface area contributed by atoms with E-state index in [0.29, 0.717) is 22.8 Å². The zero-order chi connectivity index (χ0) is 13.1. The van der Waals surface area contributed by atoms with Crippen LogP contribution in [0, 0.1) is 9.39 Å². The molecule has 0 spiro atoms. The Morgan fingerprint density at radius 1 is 1.50 bits per heavy atom. The number of benzene rings is 1. The molecule has 0 unspecified atom stereocenters. The van der Waals surface area contributed by atoms with Gasteiger partial charge >= 0.3 is 5.97 Å². The van der Waals surface area contributed by atoms with Gasteiger partial charge in [0.1, 0.15) is 5.82 Å². The van der Waals surface area contributed by atoms with Crippen LogP contribution in [-0.4, -0.2) is 24.6 Å². The van der Waals surface area contributed by atoms with Crippen molar-refractivity contribution in [3.63, 3.8) is 0 Å². The number of anilines is 1. The molecule has 0 fully saturated rings. The number of rotatable bonds is 3. The number of hydrogen-bond donors (Lipinski definition) is 1. The van der Waals surface area contributed by atoms with Crippen LogP contribution < -0.4 is 5.32 Å². The van der Waals surface area contributed by atoms with E-state index in [2.05, 4.69) is 5.32 Å². The molecule has 0 aliphatic carbocycles. The number of carbonyl (C=O) groups is 1. The molecule has 1 aromatic rings. The molecule has 1 aliphatic rings. The van der Waals surface area contributed by atoms with Crippen molar-refractivity contribution in [1.29, 1.82) is 0 Å². The topological polar surface area (TPSA) is 38.3 Å². The molecule has 0 aromatic heterocycles. The Hall–Kier alpha value is -0.760. The molecule has 18 heavy (non-hydrogen) atoms. The van der Waals surface area contributed by atoms with Gasteiger partial charge in [0.25, 0.3) is 0 Å². The summed E-state index contributed by atoms with van der Waals surface area (Å²) in [7, 11) is 1.35. The molecule has 2 rings (SSSR count). The third kappa shape index (κ3) is 2.97. The lowest BCUT2D eigenvalue weighted by atomic mass is 10.2. The average Bonchev–Trinajstić information content (AvgIpc) is 2.80. The fraction of sp³-hybridized carbons (Fsp3) is 0.250. The maximum absolute atomic E-state index is 13.7. The van der Waals surface area contributed by atoms with Crippen LogP contribution in [-0.2, 0) is 9.53 Å². The van der Waals surface area contributed by atoms with Gasteiger partial charge in [0.15, 0.2) is 0 Å². The average molecular weight is 379 g/mol. The number of hydrogen-bond acceptors (Lipinski definition) is 4. The summed E-state index contributed by atoms with van der Waals surface area (Å²) in [6.07, 6.45) is 0. The normalized spacial score (nSPS) is 14.8. The molecule has 0 saturated carbocycles. The van der Waals surface area contributed by atoms with Crippen molar-refractivity contribution in [1.82, 2.24) is 0 Å². The first-order valence-electron chi connectivity index (χ1n) is 5.22. The maximum atomic E-state index is 13.7. The van der Waals surface area contributed by atoms with Crippen LogP contribution in [0.3, 0.4) is 0 Å². The van der Waals surface area contributed by atoms with Gasteiger partial charge in [0, 0.05) is 20.8 Å². The summed E-state index contributed by atoms with van der Waals surface area (Å²) in [6, 6.07) is 4.93. The minimum Gasteiger partial charge on any atom is -0.466 e. The summed E-state index contributed by atoms with van der Waals surface area (Å²) in [6.45, 7) is 0. The summed E-state index contributed by atoms with van der Waals surface area (Å²) in [5.41, 5.74) is 1.70. The number of thioether (sulfide) groups is 1. The van der Waals surface area contributed by atoms with Gasteiger partial charge < -0.3 is 10.1 Å². The highest BCUT2D eigenvalue weighted by Gasteiger charge is 2.22. The molecular formula is C12H11FINO2S. The van der Waals surface area contributed by atoms with E-state index in [1.807, 2.05) is 28.7 Å². The lowest BCUT2D eigenvalue weighted by molar-refractivity contribution is -0.136. The second-order valence-corrected chi connectivity index (χ2v) is 5.92. The van der Waals surface area contributed by atoms with Crippen LogP contribution in [0.4, 0.5) is 10.1 Å². The SMILES string of the molecule is COC(=O)C1=C(Nc2ccc(I)cc2F)CSC1. The maximum Gasteiger partial charge on any atom is 0.336 e. The first kappa shape index (κ1) is 13.7. The van der Waals surface area contributed by atoms with E-state index in [1.54, 1.807) is 17.8 Å². The molecule has 6 heteroatoms. The Kier molecular flexibility index (Phi) is 4.50. The Bertz CT molecular complexity index is 519. The van der Waals surface area contributed by atoms with Gasteiger partial charge in [-0.05, 0) is 40.8 Å². The van der Waals surface area contributed by atoms with Crippen LogP contribution in [0.1, 0.15) is 0 Å². The van der Waals surface area contributed by atoms with E-state index < -0.39 is 0 Å². The first-order valence-corrected chi connectivity index (χ1v) is 7.45. The quantitative estimate of drug-likeness (QED) is 0.648. The number of methoxy groups -OCH3 is 1. The number of halogens is 2. The van der Waals surface area contributed by atoms with Crippen molar-refractivity contribution in [2.45, 2.75) is 0 Å². The minimum atomic E-state index is -0.353. The second-order valence-electron chi connectivity index (χ2n) is 3.69. The molecule has 1 aromatic carbocycles. The first-order chi connectivity index (χ1) is 8.61. The largest absolute Gasteiger partial charge is 0.466 e. The second kappa shape index (κ2) is 5.92. The molecule has 0 atom stereocenters. The van der Waals surface area contributed by atoms with Crippen molar-refractivity contribution in [2.24, 2.45) is 0 Å². The molecule has 0 saturated heterocycles. The van der Waals surface area contributed by atoms with Gasteiger partial charge in [-0.3, -0.25) is 0 Å². The molecule has 3 nitrogen and oxygen atoms in total. The third-order valence-corrected chi connectivity index (χ3v) is 4.16. The van der Waals surface area contributed by atoms with Gasteiger partial charge in [0.2, 0.25) is 0 Å². The van der Waals surface area contributed by atoms with Crippen molar-refractivity contribution in [3.05, 3.63) is 38.9 Å². The standard InChI is InChI=1S/C12H11FINO2S/c1-17-12(16)8-5-18-6-11(8)15-10-3-2-7(14)4-9(10)13/h2-4,15H,5-6H2,1H3. The van der Waals surface area contributed by atoms with Gasteiger partial charge in [-0.25, -0.2) is 9.18 Å². The summed E-state index contributed by atoms with van der Waals surface area (Å²) in [5, 5.41) is 2.98. The Labute approximate surface area is 122 Å². The van der Waals surface area contributed by atoms with Crippen molar-refractivity contribution in [2.75, 3.05) is 23.9 Å². The van der Waals surface area contributed by atoms with Crippen molar-refractivity contribution >= 4 is 46.0 Å². The van der Waals surface area contributed by atoms with Crippen molar-refractivity contribution < 1.29 is 13.9 Å². The van der Waals surface area contributed by atoms with E-state index >= 15 is 0 Å².